The average Bonchev–Trinajstić information content (AvgIpc) is 2.18. The van der Waals surface area contributed by atoms with E-state index in [1.807, 2.05) is 0 Å². The van der Waals surface area contributed by atoms with Gasteiger partial charge in [-0.2, -0.15) is 0 Å². The molecule has 0 aromatic heterocycles. The van der Waals surface area contributed by atoms with Gasteiger partial charge in [0, 0.05) is 5.54 Å². The van der Waals surface area contributed by atoms with Gasteiger partial charge in [-0.25, -0.2) is 0 Å². The Labute approximate surface area is 62.4 Å². The smallest absolute Gasteiger partial charge is 0.0616 e. The number of rotatable bonds is 1. The molecule has 2 unspecified atom stereocenters. The molecule has 1 aliphatic rings. The monoisotopic (exact) mass is 143 g/mol. The van der Waals surface area contributed by atoms with Gasteiger partial charge in [0.15, 0.2) is 0 Å². The quantitative estimate of drug-likeness (QED) is 0.568. The molecule has 2 nitrogen and oxygen atoms in total. The van der Waals surface area contributed by atoms with E-state index in [0.29, 0.717) is 11.8 Å². The lowest BCUT2D eigenvalue weighted by molar-refractivity contribution is 0.136. The molecule has 3 N–H and O–H groups in total. The summed E-state index contributed by atoms with van der Waals surface area (Å²) in [5.74, 6) is 0.958. The van der Waals surface area contributed by atoms with E-state index in [0.717, 1.165) is 12.8 Å². The molecule has 2 atom stereocenters. The molecule has 2 heteroatoms. The number of aliphatic hydroxyl groups is 1. The van der Waals surface area contributed by atoms with E-state index < -0.39 is 0 Å². The second-order valence-corrected chi connectivity index (χ2v) is 3.65. The van der Waals surface area contributed by atoms with E-state index in [2.05, 4.69) is 13.8 Å². The second-order valence-electron chi connectivity index (χ2n) is 3.65. The Kier molecular flexibility index (Phi) is 2.02. The van der Waals surface area contributed by atoms with Crippen molar-refractivity contribution in [3.63, 3.8) is 0 Å². The van der Waals surface area contributed by atoms with Gasteiger partial charge < -0.3 is 10.8 Å². The van der Waals surface area contributed by atoms with Gasteiger partial charge in [-0.15, -0.1) is 0 Å². The zero-order chi connectivity index (χ0) is 7.78. The molecule has 0 aromatic rings. The summed E-state index contributed by atoms with van der Waals surface area (Å²) in [6, 6.07) is 0. The molecule has 1 fully saturated rings. The fourth-order valence-corrected chi connectivity index (χ4v) is 1.83. The number of hydrogen-bond acceptors (Lipinski definition) is 2. The topological polar surface area (TPSA) is 46.2 Å². The third-order valence-corrected chi connectivity index (χ3v) is 3.14. The molecule has 1 aliphatic carbocycles. The highest BCUT2D eigenvalue weighted by molar-refractivity contribution is 4.98. The van der Waals surface area contributed by atoms with Crippen LogP contribution in [0.4, 0.5) is 0 Å². The van der Waals surface area contributed by atoms with Crippen LogP contribution in [0.1, 0.15) is 26.7 Å². The SMILES string of the molecule is CC1CCC(C)C1(N)CO. The first kappa shape index (κ1) is 8.02. The van der Waals surface area contributed by atoms with Crippen molar-refractivity contribution in [2.75, 3.05) is 6.61 Å². The summed E-state index contributed by atoms with van der Waals surface area (Å²) < 4.78 is 0. The molecule has 0 spiro atoms. The predicted molar refractivity (Wildman–Crippen MR) is 41.6 cm³/mol. The lowest BCUT2D eigenvalue weighted by Gasteiger charge is -2.31. The summed E-state index contributed by atoms with van der Waals surface area (Å²) in [5.41, 5.74) is 5.70. The maximum Gasteiger partial charge on any atom is 0.0616 e. The fourth-order valence-electron chi connectivity index (χ4n) is 1.83. The highest BCUT2D eigenvalue weighted by atomic mass is 16.3. The van der Waals surface area contributed by atoms with E-state index in [-0.39, 0.29) is 12.1 Å². The minimum atomic E-state index is -0.292. The maximum absolute atomic E-state index is 9.04. The maximum atomic E-state index is 9.04. The summed E-state index contributed by atoms with van der Waals surface area (Å²) in [6.07, 6.45) is 2.33. The van der Waals surface area contributed by atoms with Crippen LogP contribution in [-0.2, 0) is 0 Å². The van der Waals surface area contributed by atoms with E-state index >= 15 is 0 Å². The van der Waals surface area contributed by atoms with Crippen LogP contribution >= 0.6 is 0 Å². The Morgan fingerprint density at radius 1 is 1.40 bits per heavy atom. The minimum absolute atomic E-state index is 0.134. The number of nitrogens with two attached hydrogens (primary N) is 1. The Balaban J connectivity index is 2.70. The molecule has 0 aliphatic heterocycles. The van der Waals surface area contributed by atoms with E-state index in [9.17, 15) is 0 Å². The molecule has 0 saturated heterocycles. The fraction of sp³-hybridized carbons (Fsp3) is 1.00. The van der Waals surface area contributed by atoms with E-state index in [1.165, 1.54) is 0 Å². The van der Waals surface area contributed by atoms with Crippen molar-refractivity contribution in [2.45, 2.75) is 32.2 Å². The normalized spacial score (nSPS) is 48.0. The van der Waals surface area contributed by atoms with Gasteiger partial charge in [-0.3, -0.25) is 0 Å². The van der Waals surface area contributed by atoms with Gasteiger partial charge in [0.05, 0.1) is 6.61 Å². The minimum Gasteiger partial charge on any atom is -0.394 e. The first-order chi connectivity index (χ1) is 4.61. The van der Waals surface area contributed by atoms with Gasteiger partial charge in [0.2, 0.25) is 0 Å². The second kappa shape index (κ2) is 2.51. The van der Waals surface area contributed by atoms with Gasteiger partial charge in [0.1, 0.15) is 0 Å². The van der Waals surface area contributed by atoms with Crippen LogP contribution < -0.4 is 5.73 Å². The largest absolute Gasteiger partial charge is 0.394 e. The molecule has 0 radical (unpaired) electrons. The average molecular weight is 143 g/mol. The Morgan fingerprint density at radius 3 is 2.00 bits per heavy atom. The highest BCUT2D eigenvalue weighted by Crippen LogP contribution is 2.37. The highest BCUT2D eigenvalue weighted by Gasteiger charge is 2.41. The lowest BCUT2D eigenvalue weighted by Crippen LogP contribution is -2.50. The first-order valence-electron chi connectivity index (χ1n) is 4.01. The third-order valence-electron chi connectivity index (χ3n) is 3.14. The molecule has 0 aromatic carbocycles. The number of hydrogen-bond donors (Lipinski definition) is 2. The summed E-state index contributed by atoms with van der Waals surface area (Å²) >= 11 is 0. The van der Waals surface area contributed by atoms with Crippen molar-refractivity contribution in [1.29, 1.82) is 0 Å². The zero-order valence-corrected chi connectivity index (χ0v) is 6.80. The van der Waals surface area contributed by atoms with Crippen molar-refractivity contribution in [1.82, 2.24) is 0 Å². The van der Waals surface area contributed by atoms with Crippen LogP contribution in [0.3, 0.4) is 0 Å². The van der Waals surface area contributed by atoms with Crippen molar-refractivity contribution in [3.8, 4) is 0 Å². The van der Waals surface area contributed by atoms with Gasteiger partial charge in [0.25, 0.3) is 0 Å². The van der Waals surface area contributed by atoms with Crippen LogP contribution in [0.25, 0.3) is 0 Å². The van der Waals surface area contributed by atoms with E-state index in [1.54, 1.807) is 0 Å². The Hall–Kier alpha value is -0.0800. The van der Waals surface area contributed by atoms with Crippen LogP contribution in [0.5, 0.6) is 0 Å². The molecule has 60 valence electrons. The van der Waals surface area contributed by atoms with Crippen LogP contribution in [-0.4, -0.2) is 17.3 Å². The molecule has 0 bridgehead atoms. The Bertz CT molecular complexity index is 114. The summed E-state index contributed by atoms with van der Waals surface area (Å²) in [4.78, 5) is 0. The van der Waals surface area contributed by atoms with Gasteiger partial charge >= 0.3 is 0 Å². The van der Waals surface area contributed by atoms with Gasteiger partial charge in [-0.05, 0) is 24.7 Å². The van der Waals surface area contributed by atoms with Crippen LogP contribution in [0.2, 0.25) is 0 Å². The summed E-state index contributed by atoms with van der Waals surface area (Å²) in [6.45, 7) is 4.38. The summed E-state index contributed by atoms with van der Waals surface area (Å²) in [5, 5.41) is 9.04. The molecular formula is C8H17NO. The molecule has 10 heavy (non-hydrogen) atoms. The molecule has 1 saturated carbocycles. The standard InChI is InChI=1S/C8H17NO/c1-6-3-4-7(2)8(6,9)5-10/h6-7,10H,3-5,9H2,1-2H3. The van der Waals surface area contributed by atoms with Crippen LogP contribution in [0, 0.1) is 11.8 Å². The van der Waals surface area contributed by atoms with Crippen molar-refractivity contribution < 1.29 is 5.11 Å². The van der Waals surface area contributed by atoms with Crippen LogP contribution in [0.15, 0.2) is 0 Å². The summed E-state index contributed by atoms with van der Waals surface area (Å²) in [7, 11) is 0. The Morgan fingerprint density at radius 2 is 1.80 bits per heavy atom. The first-order valence-corrected chi connectivity index (χ1v) is 4.01. The molecule has 0 amide bonds. The van der Waals surface area contributed by atoms with Crippen molar-refractivity contribution in [3.05, 3.63) is 0 Å². The zero-order valence-electron chi connectivity index (χ0n) is 6.80. The lowest BCUT2D eigenvalue weighted by atomic mass is 9.84. The molecule has 0 heterocycles. The number of aliphatic hydroxyl groups excluding tert-OH is 1. The molecule has 1 rings (SSSR count). The van der Waals surface area contributed by atoms with Crippen molar-refractivity contribution >= 4 is 0 Å². The third kappa shape index (κ3) is 0.956. The van der Waals surface area contributed by atoms with Gasteiger partial charge in [-0.1, -0.05) is 13.8 Å². The predicted octanol–water partition coefficient (Wildman–Crippen LogP) is 0.742. The van der Waals surface area contributed by atoms with Crippen molar-refractivity contribution in [2.24, 2.45) is 17.6 Å². The molecular weight excluding hydrogens is 126 g/mol. The van der Waals surface area contributed by atoms with E-state index in [4.69, 9.17) is 10.8 Å².